The topological polar surface area (TPSA) is 83.0 Å². The van der Waals surface area contributed by atoms with Crippen molar-refractivity contribution in [3.63, 3.8) is 0 Å². The molecule has 1 spiro atoms. The molecule has 2 aliphatic heterocycles. The van der Waals surface area contributed by atoms with E-state index in [1.54, 1.807) is 13.2 Å². The molecular formula is C21H24N2O4S. The van der Waals surface area contributed by atoms with Crippen molar-refractivity contribution in [2.75, 3.05) is 7.11 Å². The van der Waals surface area contributed by atoms with Crippen LogP contribution in [0.2, 0.25) is 0 Å². The highest BCUT2D eigenvalue weighted by molar-refractivity contribution is 7.80. The van der Waals surface area contributed by atoms with E-state index in [9.17, 15) is 10.2 Å². The zero-order chi connectivity index (χ0) is 20.1. The number of ether oxygens (including phenoxy) is 2. The fraction of sp³-hybridized carbons (Fsp3) is 0.381. The van der Waals surface area contributed by atoms with Gasteiger partial charge in [-0.15, -0.1) is 0 Å². The van der Waals surface area contributed by atoms with Crippen molar-refractivity contribution in [2.45, 2.75) is 43.9 Å². The first-order valence-corrected chi connectivity index (χ1v) is 9.61. The molecule has 0 radical (unpaired) electrons. The van der Waals surface area contributed by atoms with Crippen molar-refractivity contribution >= 4 is 17.3 Å². The van der Waals surface area contributed by atoms with Gasteiger partial charge in [0.25, 0.3) is 0 Å². The molecule has 4 N–H and O–H groups in total. The van der Waals surface area contributed by atoms with Crippen LogP contribution in [0.4, 0.5) is 0 Å². The number of phenolic OH excluding ortho intramolecular Hbond substituents is 2. The largest absolute Gasteiger partial charge is 0.504 e. The van der Waals surface area contributed by atoms with Crippen molar-refractivity contribution < 1.29 is 19.7 Å². The van der Waals surface area contributed by atoms with E-state index in [0.29, 0.717) is 18.0 Å². The third-order valence-corrected chi connectivity index (χ3v) is 5.59. The Labute approximate surface area is 169 Å². The van der Waals surface area contributed by atoms with Crippen molar-refractivity contribution in [3.8, 4) is 23.0 Å². The quantitative estimate of drug-likeness (QED) is 0.454. The van der Waals surface area contributed by atoms with E-state index < -0.39 is 5.72 Å². The van der Waals surface area contributed by atoms with Gasteiger partial charge >= 0.3 is 0 Å². The average Bonchev–Trinajstić information content (AvgIpc) is 2.62. The van der Waals surface area contributed by atoms with E-state index in [2.05, 4.69) is 24.5 Å². The summed E-state index contributed by atoms with van der Waals surface area (Å²) < 4.78 is 11.9. The predicted octanol–water partition coefficient (Wildman–Crippen LogP) is 3.36. The Kier molecular flexibility index (Phi) is 4.30. The predicted molar refractivity (Wildman–Crippen MR) is 110 cm³/mol. The van der Waals surface area contributed by atoms with Gasteiger partial charge in [0.2, 0.25) is 5.75 Å². The van der Waals surface area contributed by atoms with Crippen molar-refractivity contribution in [1.29, 1.82) is 0 Å². The molecule has 0 aromatic heterocycles. The van der Waals surface area contributed by atoms with Gasteiger partial charge in [-0.1, -0.05) is 24.3 Å². The van der Waals surface area contributed by atoms with Crippen LogP contribution in [-0.4, -0.2) is 33.7 Å². The Balaban J connectivity index is 1.89. The summed E-state index contributed by atoms with van der Waals surface area (Å²) in [5.41, 5.74) is 0.672. The normalized spacial score (nSPS) is 25.2. The standard InChI is InChI=1S/C21H24N2O4S/c1-20(2)11-21(23-19(28)22-20)10-14(12-6-4-5-7-16(12)26-3)13-8-9-15(24)17(25)18(13)27-21/h4-9,14,24-25H,10-11H2,1-3H3,(H2,22,23,28)/t14-,21-/m1/s1. The lowest BCUT2D eigenvalue weighted by Crippen LogP contribution is -2.69. The van der Waals surface area contributed by atoms with Crippen LogP contribution in [0.25, 0.3) is 0 Å². The summed E-state index contributed by atoms with van der Waals surface area (Å²) in [4.78, 5) is 0. The molecule has 6 nitrogen and oxygen atoms in total. The fourth-order valence-electron chi connectivity index (χ4n) is 4.40. The Bertz CT molecular complexity index is 946. The van der Waals surface area contributed by atoms with Crippen LogP contribution >= 0.6 is 12.2 Å². The lowest BCUT2D eigenvalue weighted by molar-refractivity contribution is -0.0151. The van der Waals surface area contributed by atoms with Crippen LogP contribution in [-0.2, 0) is 0 Å². The minimum Gasteiger partial charge on any atom is -0.504 e. The van der Waals surface area contributed by atoms with Crippen molar-refractivity contribution in [1.82, 2.24) is 10.6 Å². The summed E-state index contributed by atoms with van der Waals surface area (Å²) in [5.74, 6) is 0.440. The Morgan fingerprint density at radius 2 is 1.86 bits per heavy atom. The summed E-state index contributed by atoms with van der Waals surface area (Å²) in [7, 11) is 1.64. The number of thiocarbonyl (C=S) groups is 1. The molecule has 2 heterocycles. The number of aromatic hydroxyl groups is 2. The highest BCUT2D eigenvalue weighted by atomic mass is 32.1. The van der Waals surface area contributed by atoms with Gasteiger partial charge in [-0.05, 0) is 38.2 Å². The molecule has 0 aliphatic carbocycles. The summed E-state index contributed by atoms with van der Waals surface area (Å²) in [6.07, 6.45) is 1.20. The number of methoxy groups -OCH3 is 1. The molecule has 0 bridgehead atoms. The van der Waals surface area contributed by atoms with Gasteiger partial charge < -0.3 is 30.3 Å². The molecule has 1 fully saturated rings. The second-order valence-corrected chi connectivity index (χ2v) is 8.49. The molecule has 2 aliphatic rings. The monoisotopic (exact) mass is 400 g/mol. The van der Waals surface area contributed by atoms with E-state index in [0.717, 1.165) is 16.9 Å². The van der Waals surface area contributed by atoms with Gasteiger partial charge in [0.05, 0.1) is 7.11 Å². The number of hydrogen-bond donors (Lipinski definition) is 4. The van der Waals surface area contributed by atoms with Gasteiger partial charge in [-0.2, -0.15) is 0 Å². The van der Waals surface area contributed by atoms with Crippen LogP contribution < -0.4 is 20.1 Å². The maximum Gasteiger partial charge on any atom is 0.200 e. The van der Waals surface area contributed by atoms with Crippen LogP contribution in [0, 0.1) is 0 Å². The Morgan fingerprint density at radius 3 is 2.57 bits per heavy atom. The number of hydrogen-bond acceptors (Lipinski definition) is 5. The van der Waals surface area contributed by atoms with E-state index in [4.69, 9.17) is 21.7 Å². The van der Waals surface area contributed by atoms with E-state index in [1.807, 2.05) is 24.3 Å². The minimum absolute atomic E-state index is 0.115. The van der Waals surface area contributed by atoms with E-state index >= 15 is 0 Å². The molecule has 4 rings (SSSR count). The third-order valence-electron chi connectivity index (χ3n) is 5.38. The van der Waals surface area contributed by atoms with Crippen LogP contribution in [0.5, 0.6) is 23.0 Å². The molecule has 28 heavy (non-hydrogen) atoms. The first-order valence-electron chi connectivity index (χ1n) is 9.21. The SMILES string of the molecule is COc1ccccc1[C@H]1C[C@]2(CC(C)(C)NC(=S)N2)Oc2c1ccc(O)c2O. The molecule has 7 heteroatoms. The molecule has 0 saturated carbocycles. The van der Waals surface area contributed by atoms with Crippen molar-refractivity contribution in [3.05, 3.63) is 47.5 Å². The number of fused-ring (bicyclic) bond motifs is 1. The molecule has 2 atom stereocenters. The number of benzene rings is 2. The molecule has 148 valence electrons. The number of para-hydroxylation sites is 1. The lowest BCUT2D eigenvalue weighted by Gasteiger charge is -2.50. The van der Waals surface area contributed by atoms with Gasteiger partial charge in [0, 0.05) is 35.4 Å². The highest BCUT2D eigenvalue weighted by Gasteiger charge is 2.49. The zero-order valence-electron chi connectivity index (χ0n) is 16.1. The maximum atomic E-state index is 10.6. The summed E-state index contributed by atoms with van der Waals surface area (Å²) in [6.45, 7) is 4.11. The summed E-state index contributed by atoms with van der Waals surface area (Å²) in [5, 5.41) is 27.7. The Morgan fingerprint density at radius 1 is 1.11 bits per heavy atom. The van der Waals surface area contributed by atoms with Gasteiger partial charge in [0.15, 0.2) is 22.3 Å². The summed E-state index contributed by atoms with van der Waals surface area (Å²) >= 11 is 5.43. The van der Waals surface area contributed by atoms with Gasteiger partial charge in [0.1, 0.15) is 5.75 Å². The second kappa shape index (κ2) is 6.44. The minimum atomic E-state index is -0.824. The first-order chi connectivity index (χ1) is 13.2. The number of nitrogens with one attached hydrogen (secondary N) is 2. The third kappa shape index (κ3) is 3.09. The summed E-state index contributed by atoms with van der Waals surface area (Å²) in [6, 6.07) is 11.1. The smallest absolute Gasteiger partial charge is 0.200 e. The van der Waals surface area contributed by atoms with Crippen LogP contribution in [0.1, 0.15) is 43.7 Å². The lowest BCUT2D eigenvalue weighted by atomic mass is 9.77. The molecule has 0 amide bonds. The average molecular weight is 401 g/mol. The molecule has 2 aromatic carbocycles. The van der Waals surface area contributed by atoms with Gasteiger partial charge in [-0.25, -0.2) is 0 Å². The number of phenols is 2. The Hall–Kier alpha value is -2.67. The molecule has 0 unspecified atom stereocenters. The zero-order valence-corrected chi connectivity index (χ0v) is 16.9. The first kappa shape index (κ1) is 18.7. The molecule has 1 saturated heterocycles. The molecular weight excluding hydrogens is 376 g/mol. The maximum absolute atomic E-state index is 10.6. The van der Waals surface area contributed by atoms with Gasteiger partial charge in [-0.3, -0.25) is 0 Å². The highest BCUT2D eigenvalue weighted by Crippen LogP contribution is 2.53. The van der Waals surface area contributed by atoms with Crippen LogP contribution in [0.3, 0.4) is 0 Å². The fourth-order valence-corrected chi connectivity index (χ4v) is 4.86. The molecule has 2 aromatic rings. The van der Waals surface area contributed by atoms with E-state index in [1.165, 1.54) is 6.07 Å². The number of rotatable bonds is 2. The second-order valence-electron chi connectivity index (χ2n) is 8.09. The van der Waals surface area contributed by atoms with E-state index in [-0.39, 0.29) is 28.7 Å². The van der Waals surface area contributed by atoms with Crippen LogP contribution in [0.15, 0.2) is 36.4 Å². The van der Waals surface area contributed by atoms with Crippen molar-refractivity contribution in [2.24, 2.45) is 0 Å².